The van der Waals surface area contributed by atoms with Crippen molar-refractivity contribution in [1.29, 1.82) is 0 Å². The Morgan fingerprint density at radius 3 is 2.95 bits per heavy atom. The molecule has 0 radical (unpaired) electrons. The molecule has 0 saturated heterocycles. The molecule has 108 valence electrons. The minimum atomic E-state index is -0.371. The molecule has 0 aliphatic rings. The Labute approximate surface area is 125 Å². The lowest BCUT2D eigenvalue weighted by atomic mass is 10.2. The van der Waals surface area contributed by atoms with Crippen LogP contribution in [0.2, 0.25) is 0 Å². The molecule has 1 aromatic heterocycles. The maximum atomic E-state index is 13.9. The highest BCUT2D eigenvalue weighted by Gasteiger charge is 2.12. The van der Waals surface area contributed by atoms with Gasteiger partial charge in [0.15, 0.2) is 5.16 Å². The van der Waals surface area contributed by atoms with Crippen LogP contribution in [0.3, 0.4) is 0 Å². The van der Waals surface area contributed by atoms with Gasteiger partial charge in [-0.15, -0.1) is 0 Å². The van der Waals surface area contributed by atoms with Gasteiger partial charge in [-0.05, 0) is 35.5 Å². The number of aliphatic hydroxyl groups excluding tert-OH is 1. The second-order valence-corrected chi connectivity index (χ2v) is 5.41. The fourth-order valence-electron chi connectivity index (χ4n) is 2.03. The zero-order valence-corrected chi connectivity index (χ0v) is 12.1. The summed E-state index contributed by atoms with van der Waals surface area (Å²) < 4.78 is 19.1. The number of aromatic amines is 1. The van der Waals surface area contributed by atoms with E-state index < -0.39 is 0 Å². The predicted octanol–water partition coefficient (Wildman–Crippen LogP) is 3.35. The fourth-order valence-corrected chi connectivity index (χ4v) is 2.96. The molecular weight excluding hydrogens is 291 g/mol. The van der Waals surface area contributed by atoms with E-state index in [0.717, 1.165) is 28.5 Å². The summed E-state index contributed by atoms with van der Waals surface area (Å²) in [7, 11) is 1.60. The summed E-state index contributed by atoms with van der Waals surface area (Å²) in [4.78, 5) is 7.90. The maximum Gasteiger partial charge on any atom is 0.171 e. The molecule has 0 atom stereocenters. The van der Waals surface area contributed by atoms with Gasteiger partial charge in [-0.25, -0.2) is 9.37 Å². The molecular formula is C15H13FN2O2S. The number of halogens is 1. The number of aromatic nitrogens is 2. The summed E-state index contributed by atoms with van der Waals surface area (Å²) in [6, 6.07) is 10.1. The van der Waals surface area contributed by atoms with E-state index >= 15 is 0 Å². The number of rotatable bonds is 4. The van der Waals surface area contributed by atoms with Crippen molar-refractivity contribution in [3.05, 3.63) is 47.8 Å². The van der Waals surface area contributed by atoms with Crippen molar-refractivity contribution < 1.29 is 14.2 Å². The molecule has 0 aliphatic carbocycles. The monoisotopic (exact) mass is 304 g/mol. The van der Waals surface area contributed by atoms with Crippen molar-refractivity contribution in [3.8, 4) is 5.75 Å². The third-order valence-electron chi connectivity index (χ3n) is 3.08. The van der Waals surface area contributed by atoms with Gasteiger partial charge >= 0.3 is 0 Å². The van der Waals surface area contributed by atoms with Crippen LogP contribution >= 0.6 is 11.8 Å². The third-order valence-corrected chi connectivity index (χ3v) is 4.13. The minimum Gasteiger partial charge on any atom is -0.497 e. The van der Waals surface area contributed by atoms with E-state index in [0.29, 0.717) is 15.6 Å². The average Bonchev–Trinajstić information content (AvgIpc) is 2.90. The van der Waals surface area contributed by atoms with E-state index in [2.05, 4.69) is 9.97 Å². The minimum absolute atomic E-state index is 0.214. The number of ether oxygens (including phenoxy) is 1. The van der Waals surface area contributed by atoms with Gasteiger partial charge in [0, 0.05) is 6.07 Å². The zero-order chi connectivity index (χ0) is 14.8. The topological polar surface area (TPSA) is 58.1 Å². The van der Waals surface area contributed by atoms with Crippen LogP contribution in [0.4, 0.5) is 4.39 Å². The second-order valence-electron chi connectivity index (χ2n) is 4.41. The lowest BCUT2D eigenvalue weighted by molar-refractivity contribution is 0.277. The van der Waals surface area contributed by atoms with Gasteiger partial charge < -0.3 is 14.8 Å². The van der Waals surface area contributed by atoms with E-state index in [4.69, 9.17) is 4.74 Å². The highest BCUT2D eigenvalue weighted by atomic mass is 32.2. The first kappa shape index (κ1) is 13.9. The maximum absolute atomic E-state index is 13.9. The highest BCUT2D eigenvalue weighted by Crippen LogP contribution is 2.32. The number of hydrogen-bond acceptors (Lipinski definition) is 4. The Kier molecular flexibility index (Phi) is 3.81. The van der Waals surface area contributed by atoms with E-state index in [1.165, 1.54) is 6.07 Å². The first-order valence-electron chi connectivity index (χ1n) is 6.31. The molecule has 0 bridgehead atoms. The predicted molar refractivity (Wildman–Crippen MR) is 79.1 cm³/mol. The van der Waals surface area contributed by atoms with Crippen LogP contribution in [0, 0.1) is 5.82 Å². The standard InChI is InChI=1S/C15H13FN2O2S/c1-20-10-5-6-12-13(7-10)18-15(17-12)21-14-9(8-19)3-2-4-11(14)16/h2-7,19H,8H2,1H3,(H,17,18). The number of methoxy groups -OCH3 is 1. The van der Waals surface area contributed by atoms with Crippen molar-refractivity contribution in [2.24, 2.45) is 0 Å². The van der Waals surface area contributed by atoms with Crippen LogP contribution in [0.5, 0.6) is 5.75 Å². The highest BCUT2D eigenvalue weighted by molar-refractivity contribution is 7.99. The molecule has 0 saturated carbocycles. The first-order valence-corrected chi connectivity index (χ1v) is 7.13. The first-order chi connectivity index (χ1) is 10.2. The largest absolute Gasteiger partial charge is 0.497 e. The zero-order valence-electron chi connectivity index (χ0n) is 11.3. The molecule has 3 aromatic rings. The summed E-state index contributed by atoms with van der Waals surface area (Å²) in [6.07, 6.45) is 0. The Balaban J connectivity index is 1.98. The SMILES string of the molecule is COc1ccc2nc(Sc3c(F)cccc3CO)[nH]c2c1. The van der Waals surface area contributed by atoms with Crippen molar-refractivity contribution >= 4 is 22.8 Å². The van der Waals surface area contributed by atoms with Gasteiger partial charge in [0.25, 0.3) is 0 Å². The van der Waals surface area contributed by atoms with Crippen LogP contribution in [0.1, 0.15) is 5.56 Å². The normalized spacial score (nSPS) is 11.0. The molecule has 4 nitrogen and oxygen atoms in total. The number of H-pyrrole nitrogens is 1. The van der Waals surface area contributed by atoms with Gasteiger partial charge in [0.05, 0.1) is 29.6 Å². The molecule has 6 heteroatoms. The molecule has 2 aromatic carbocycles. The van der Waals surface area contributed by atoms with Crippen molar-refractivity contribution in [2.75, 3.05) is 7.11 Å². The number of benzene rings is 2. The molecule has 0 fully saturated rings. The second kappa shape index (κ2) is 5.75. The van der Waals surface area contributed by atoms with E-state index in [1.54, 1.807) is 19.2 Å². The molecule has 3 rings (SSSR count). The van der Waals surface area contributed by atoms with Crippen LogP contribution in [0.15, 0.2) is 46.5 Å². The van der Waals surface area contributed by atoms with Crippen LogP contribution in [-0.2, 0) is 6.61 Å². The van der Waals surface area contributed by atoms with Crippen molar-refractivity contribution in [1.82, 2.24) is 9.97 Å². The molecule has 1 heterocycles. The van der Waals surface area contributed by atoms with Crippen molar-refractivity contribution in [3.63, 3.8) is 0 Å². The number of imidazole rings is 1. The fraction of sp³-hybridized carbons (Fsp3) is 0.133. The Morgan fingerprint density at radius 2 is 2.19 bits per heavy atom. The Morgan fingerprint density at radius 1 is 1.33 bits per heavy atom. The molecule has 0 amide bonds. The number of nitrogens with zero attached hydrogens (tertiary/aromatic N) is 1. The third kappa shape index (κ3) is 2.72. The van der Waals surface area contributed by atoms with Gasteiger partial charge in [0.1, 0.15) is 11.6 Å². The molecule has 21 heavy (non-hydrogen) atoms. The number of hydrogen-bond donors (Lipinski definition) is 2. The van der Waals surface area contributed by atoms with Gasteiger partial charge in [-0.2, -0.15) is 0 Å². The smallest absolute Gasteiger partial charge is 0.171 e. The number of nitrogens with one attached hydrogen (secondary N) is 1. The quantitative estimate of drug-likeness (QED) is 0.776. The van der Waals surface area contributed by atoms with E-state index in [1.807, 2.05) is 18.2 Å². The molecule has 0 aliphatic heterocycles. The lowest BCUT2D eigenvalue weighted by Crippen LogP contribution is -1.91. The summed E-state index contributed by atoms with van der Waals surface area (Å²) in [6.45, 7) is -0.214. The molecule has 2 N–H and O–H groups in total. The summed E-state index contributed by atoms with van der Waals surface area (Å²) in [5, 5.41) is 9.87. The molecule has 0 unspecified atom stereocenters. The molecule has 0 spiro atoms. The summed E-state index contributed by atoms with van der Waals surface area (Å²) >= 11 is 1.16. The Bertz CT molecular complexity index is 788. The average molecular weight is 304 g/mol. The number of aliphatic hydroxyl groups is 1. The Hall–Kier alpha value is -2.05. The van der Waals surface area contributed by atoms with Crippen LogP contribution < -0.4 is 4.74 Å². The van der Waals surface area contributed by atoms with Crippen LogP contribution in [-0.4, -0.2) is 22.2 Å². The number of fused-ring (bicyclic) bond motifs is 1. The van der Waals surface area contributed by atoms with E-state index in [-0.39, 0.29) is 12.4 Å². The van der Waals surface area contributed by atoms with Crippen molar-refractivity contribution in [2.45, 2.75) is 16.7 Å². The van der Waals surface area contributed by atoms with E-state index in [9.17, 15) is 9.50 Å². The van der Waals surface area contributed by atoms with Crippen LogP contribution in [0.25, 0.3) is 11.0 Å². The summed E-state index contributed by atoms with van der Waals surface area (Å²) in [5.74, 6) is 0.356. The van der Waals surface area contributed by atoms with Gasteiger partial charge in [-0.3, -0.25) is 0 Å². The summed E-state index contributed by atoms with van der Waals surface area (Å²) in [5.41, 5.74) is 2.14. The van der Waals surface area contributed by atoms with Gasteiger partial charge in [-0.1, -0.05) is 12.1 Å². The van der Waals surface area contributed by atoms with Gasteiger partial charge in [0.2, 0.25) is 0 Å². The lowest BCUT2D eigenvalue weighted by Gasteiger charge is -2.05.